The Morgan fingerprint density at radius 3 is 2.62 bits per heavy atom. The fraction of sp³-hybridized carbons (Fsp3) is 0.417. The van der Waals surface area contributed by atoms with Crippen molar-refractivity contribution in [3.8, 4) is 0 Å². The van der Waals surface area contributed by atoms with Gasteiger partial charge in [-0.25, -0.2) is 0 Å². The number of nitrogens with two attached hydrogens (primary N) is 1. The second-order valence-electron chi connectivity index (χ2n) is 4.15. The summed E-state index contributed by atoms with van der Waals surface area (Å²) in [6.07, 6.45) is 0. The van der Waals surface area contributed by atoms with Gasteiger partial charge in [-0.3, -0.25) is 4.79 Å². The highest BCUT2D eigenvalue weighted by Crippen LogP contribution is 2.38. The molecule has 4 nitrogen and oxygen atoms in total. The highest BCUT2D eigenvalue weighted by molar-refractivity contribution is 6.05. The molecule has 4 heteroatoms. The smallest absolute Gasteiger partial charge is 0.248 e. The third-order valence-electron chi connectivity index (χ3n) is 3.07. The summed E-state index contributed by atoms with van der Waals surface area (Å²) in [5, 5.41) is 8.98. The minimum atomic E-state index is -0.582. The molecule has 1 aromatic rings. The van der Waals surface area contributed by atoms with E-state index >= 15 is 0 Å². The van der Waals surface area contributed by atoms with Crippen molar-refractivity contribution in [2.24, 2.45) is 5.73 Å². The Hall–Kier alpha value is -1.39. The number of anilines is 1. The molecule has 0 fully saturated rings. The van der Waals surface area contributed by atoms with E-state index < -0.39 is 6.04 Å². The molecule has 1 aliphatic heterocycles. The molecule has 0 spiro atoms. The number of β-amino-alcohol motifs (C(OH)–C–C–N with tert-alkyl or cyclic N) is 1. The minimum absolute atomic E-state index is 0.0503. The Balaban J connectivity index is 2.60. The van der Waals surface area contributed by atoms with Gasteiger partial charge in [0.05, 0.1) is 12.3 Å². The quantitative estimate of drug-likeness (QED) is 0.768. The molecule has 1 aliphatic rings. The topological polar surface area (TPSA) is 66.6 Å². The first-order valence-corrected chi connectivity index (χ1v) is 5.36. The van der Waals surface area contributed by atoms with Crippen LogP contribution >= 0.6 is 0 Å². The predicted molar refractivity (Wildman–Crippen MR) is 62.3 cm³/mol. The number of carbonyl (C=O) groups is 1. The first-order valence-electron chi connectivity index (χ1n) is 5.36. The van der Waals surface area contributed by atoms with Crippen LogP contribution in [-0.2, 0) is 4.79 Å². The van der Waals surface area contributed by atoms with Crippen LogP contribution < -0.4 is 10.6 Å². The Morgan fingerprint density at radius 1 is 1.38 bits per heavy atom. The fourth-order valence-corrected chi connectivity index (χ4v) is 2.29. The van der Waals surface area contributed by atoms with Gasteiger partial charge < -0.3 is 15.7 Å². The van der Waals surface area contributed by atoms with E-state index in [2.05, 4.69) is 0 Å². The number of aliphatic hydroxyl groups is 1. The molecule has 86 valence electrons. The van der Waals surface area contributed by atoms with Gasteiger partial charge in [0.1, 0.15) is 6.04 Å². The molecule has 0 aromatic heterocycles. The monoisotopic (exact) mass is 220 g/mol. The molecule has 1 aromatic carbocycles. The average molecular weight is 220 g/mol. The zero-order valence-electron chi connectivity index (χ0n) is 9.53. The number of amides is 1. The Bertz CT molecular complexity index is 443. The lowest BCUT2D eigenvalue weighted by Gasteiger charge is -2.18. The summed E-state index contributed by atoms with van der Waals surface area (Å²) < 4.78 is 0. The van der Waals surface area contributed by atoms with Gasteiger partial charge in [-0.2, -0.15) is 0 Å². The standard InChI is InChI=1S/C12H16N2O2/c1-7-3-4-8(2)11-9(7)10(13)12(16)14(11)5-6-15/h3-4,10,15H,5-6,13H2,1-2H3. The fourth-order valence-electron chi connectivity index (χ4n) is 2.29. The highest BCUT2D eigenvalue weighted by atomic mass is 16.3. The number of carbonyl (C=O) groups excluding carboxylic acids is 1. The number of rotatable bonds is 2. The number of aryl methyl sites for hydroxylation is 2. The summed E-state index contributed by atoms with van der Waals surface area (Å²) in [6, 6.07) is 3.37. The zero-order valence-corrected chi connectivity index (χ0v) is 9.53. The average Bonchev–Trinajstić information content (AvgIpc) is 2.50. The summed E-state index contributed by atoms with van der Waals surface area (Å²) in [4.78, 5) is 13.5. The van der Waals surface area contributed by atoms with E-state index in [1.807, 2.05) is 26.0 Å². The van der Waals surface area contributed by atoms with Crippen LogP contribution in [0.3, 0.4) is 0 Å². The van der Waals surface area contributed by atoms with Crippen molar-refractivity contribution in [1.82, 2.24) is 0 Å². The van der Waals surface area contributed by atoms with Crippen LogP contribution in [-0.4, -0.2) is 24.2 Å². The third-order valence-corrected chi connectivity index (χ3v) is 3.07. The van der Waals surface area contributed by atoms with Crippen molar-refractivity contribution in [2.45, 2.75) is 19.9 Å². The predicted octanol–water partition coefficient (Wildman–Crippen LogP) is 0.642. The molecule has 0 bridgehead atoms. The Kier molecular flexibility index (Phi) is 2.69. The lowest BCUT2D eigenvalue weighted by Crippen LogP contribution is -2.34. The van der Waals surface area contributed by atoms with Gasteiger partial charge >= 0.3 is 0 Å². The van der Waals surface area contributed by atoms with Crippen LogP contribution in [0.4, 0.5) is 5.69 Å². The first kappa shape index (κ1) is 11.1. The molecule has 1 atom stereocenters. The summed E-state index contributed by atoms with van der Waals surface area (Å²) >= 11 is 0. The van der Waals surface area contributed by atoms with Gasteiger partial charge in [-0.1, -0.05) is 12.1 Å². The molecule has 1 unspecified atom stereocenters. The molecule has 1 heterocycles. The van der Waals surface area contributed by atoms with E-state index in [0.29, 0.717) is 6.54 Å². The van der Waals surface area contributed by atoms with Crippen LogP contribution in [0.15, 0.2) is 12.1 Å². The molecular weight excluding hydrogens is 204 g/mol. The number of nitrogens with zero attached hydrogens (tertiary/aromatic N) is 1. The van der Waals surface area contributed by atoms with Gasteiger partial charge in [0.2, 0.25) is 5.91 Å². The molecule has 0 saturated carbocycles. The summed E-state index contributed by atoms with van der Waals surface area (Å²) in [5.41, 5.74) is 9.74. The maximum absolute atomic E-state index is 11.9. The molecule has 3 N–H and O–H groups in total. The van der Waals surface area contributed by atoms with Crippen molar-refractivity contribution >= 4 is 11.6 Å². The lowest BCUT2D eigenvalue weighted by molar-refractivity contribution is -0.119. The molecule has 2 rings (SSSR count). The first-order chi connectivity index (χ1) is 7.57. The van der Waals surface area contributed by atoms with Crippen LogP contribution in [0.2, 0.25) is 0 Å². The number of benzene rings is 1. The summed E-state index contributed by atoms with van der Waals surface area (Å²) in [6.45, 7) is 4.16. The van der Waals surface area contributed by atoms with Crippen molar-refractivity contribution in [1.29, 1.82) is 0 Å². The minimum Gasteiger partial charge on any atom is -0.395 e. The third kappa shape index (κ3) is 1.42. The van der Waals surface area contributed by atoms with E-state index in [9.17, 15) is 4.79 Å². The van der Waals surface area contributed by atoms with Gasteiger partial charge in [0.15, 0.2) is 0 Å². The zero-order chi connectivity index (χ0) is 11.9. The van der Waals surface area contributed by atoms with E-state index in [0.717, 1.165) is 22.4 Å². The van der Waals surface area contributed by atoms with Crippen molar-refractivity contribution < 1.29 is 9.90 Å². The van der Waals surface area contributed by atoms with Crippen molar-refractivity contribution in [2.75, 3.05) is 18.1 Å². The molecule has 16 heavy (non-hydrogen) atoms. The molecular formula is C12H16N2O2. The molecule has 1 amide bonds. The van der Waals surface area contributed by atoms with Crippen LogP contribution in [0, 0.1) is 13.8 Å². The molecule has 0 aliphatic carbocycles. The number of hydrogen-bond acceptors (Lipinski definition) is 3. The summed E-state index contributed by atoms with van der Waals surface area (Å²) in [5.74, 6) is -0.124. The lowest BCUT2D eigenvalue weighted by atomic mass is 10.00. The van der Waals surface area contributed by atoms with Crippen molar-refractivity contribution in [3.63, 3.8) is 0 Å². The SMILES string of the molecule is Cc1ccc(C)c2c1C(N)C(=O)N2CCO. The van der Waals surface area contributed by atoms with E-state index in [4.69, 9.17) is 10.8 Å². The largest absolute Gasteiger partial charge is 0.395 e. The van der Waals surface area contributed by atoms with Gasteiger partial charge in [-0.05, 0) is 25.0 Å². The summed E-state index contributed by atoms with van der Waals surface area (Å²) in [7, 11) is 0. The second-order valence-corrected chi connectivity index (χ2v) is 4.15. The van der Waals surface area contributed by atoms with Crippen LogP contribution in [0.25, 0.3) is 0 Å². The second kappa shape index (κ2) is 3.88. The maximum Gasteiger partial charge on any atom is 0.248 e. The number of aliphatic hydroxyl groups excluding tert-OH is 1. The van der Waals surface area contributed by atoms with Crippen molar-refractivity contribution in [3.05, 3.63) is 28.8 Å². The van der Waals surface area contributed by atoms with E-state index in [1.54, 1.807) is 4.90 Å². The van der Waals surface area contributed by atoms with Gasteiger partial charge in [0.25, 0.3) is 0 Å². The van der Waals surface area contributed by atoms with Crippen LogP contribution in [0.5, 0.6) is 0 Å². The Morgan fingerprint density at radius 2 is 2.00 bits per heavy atom. The molecule has 0 radical (unpaired) electrons. The normalized spacial score (nSPS) is 19.1. The van der Waals surface area contributed by atoms with Gasteiger partial charge in [-0.15, -0.1) is 0 Å². The van der Waals surface area contributed by atoms with Crippen LogP contribution in [0.1, 0.15) is 22.7 Å². The highest BCUT2D eigenvalue weighted by Gasteiger charge is 2.36. The van der Waals surface area contributed by atoms with E-state index in [1.165, 1.54) is 0 Å². The number of fused-ring (bicyclic) bond motifs is 1. The van der Waals surface area contributed by atoms with E-state index in [-0.39, 0.29) is 12.5 Å². The Labute approximate surface area is 94.7 Å². The molecule has 0 saturated heterocycles. The van der Waals surface area contributed by atoms with Gasteiger partial charge in [0, 0.05) is 12.1 Å². The maximum atomic E-state index is 11.9. The number of hydrogen-bond donors (Lipinski definition) is 2.